The van der Waals surface area contributed by atoms with E-state index >= 15 is 0 Å². The molecule has 0 bridgehead atoms. The normalized spacial score (nSPS) is 10.4. The van der Waals surface area contributed by atoms with Gasteiger partial charge in [-0.3, -0.25) is 9.59 Å². The lowest BCUT2D eigenvalue weighted by molar-refractivity contribution is 0.0959. The molecule has 2 rings (SSSR count). The summed E-state index contributed by atoms with van der Waals surface area (Å²) < 4.78 is 14.8. The van der Waals surface area contributed by atoms with Gasteiger partial charge in [-0.05, 0) is 6.07 Å². The van der Waals surface area contributed by atoms with Crippen LogP contribution in [0.25, 0.3) is 0 Å². The van der Waals surface area contributed by atoms with Crippen molar-refractivity contribution >= 4 is 11.8 Å². The third-order valence-corrected chi connectivity index (χ3v) is 2.60. The molecule has 0 aliphatic carbocycles. The molecule has 0 atom stereocenters. The molecule has 98 valence electrons. The average molecular weight is 262 g/mol. The van der Waals surface area contributed by atoms with Crippen molar-refractivity contribution in [2.24, 2.45) is 11.5 Å². The molecule has 0 saturated carbocycles. The molecule has 0 spiro atoms. The van der Waals surface area contributed by atoms with Crippen LogP contribution >= 0.6 is 0 Å². The van der Waals surface area contributed by atoms with E-state index in [-0.39, 0.29) is 17.9 Å². The third kappa shape index (κ3) is 2.44. The van der Waals surface area contributed by atoms with Crippen LogP contribution in [0.15, 0.2) is 30.6 Å². The largest absolute Gasteiger partial charge is 0.364 e. The summed E-state index contributed by atoms with van der Waals surface area (Å²) in [5.41, 5.74) is 10.3. The lowest BCUT2D eigenvalue weighted by Gasteiger charge is -2.07. The first-order chi connectivity index (χ1) is 9.00. The Morgan fingerprint density at radius 3 is 2.47 bits per heavy atom. The number of hydrogen-bond donors (Lipinski definition) is 2. The highest BCUT2D eigenvalue weighted by Gasteiger charge is 2.20. The van der Waals surface area contributed by atoms with Crippen LogP contribution in [0, 0.1) is 5.82 Å². The molecule has 1 heterocycles. The van der Waals surface area contributed by atoms with Gasteiger partial charge < -0.3 is 16.0 Å². The van der Waals surface area contributed by atoms with E-state index in [0.717, 1.165) is 0 Å². The number of primary amides is 2. The van der Waals surface area contributed by atoms with Crippen molar-refractivity contribution in [1.82, 2.24) is 9.55 Å². The minimum absolute atomic E-state index is 0.0330. The van der Waals surface area contributed by atoms with Crippen molar-refractivity contribution in [2.75, 3.05) is 0 Å². The van der Waals surface area contributed by atoms with Gasteiger partial charge in [-0.15, -0.1) is 0 Å². The van der Waals surface area contributed by atoms with Crippen LogP contribution in [-0.2, 0) is 6.54 Å². The number of hydrogen-bond acceptors (Lipinski definition) is 3. The van der Waals surface area contributed by atoms with E-state index in [2.05, 4.69) is 4.98 Å². The highest BCUT2D eigenvalue weighted by molar-refractivity contribution is 6.03. The number of benzene rings is 1. The second-order valence-corrected chi connectivity index (χ2v) is 3.89. The topological polar surface area (TPSA) is 104 Å². The smallest absolute Gasteiger partial charge is 0.269 e. The fourth-order valence-corrected chi connectivity index (χ4v) is 1.75. The Bertz CT molecular complexity index is 651. The molecule has 0 aliphatic heterocycles. The van der Waals surface area contributed by atoms with Crippen LogP contribution in [0.3, 0.4) is 0 Å². The highest BCUT2D eigenvalue weighted by atomic mass is 19.1. The Hall–Kier alpha value is -2.70. The number of carbonyl (C=O) groups is 2. The molecule has 1 aromatic carbocycles. The second kappa shape index (κ2) is 4.89. The standard InChI is InChI=1S/C12H11FN4O2/c13-8-4-2-1-3-7(8)5-17-6-16-9(11(14)18)10(17)12(15)19/h1-4,6H,5H2,(H2,14,18)(H2,15,19). The maximum Gasteiger partial charge on any atom is 0.269 e. The van der Waals surface area contributed by atoms with E-state index in [1.165, 1.54) is 17.0 Å². The maximum atomic E-state index is 13.5. The minimum atomic E-state index is -0.860. The first-order valence-electron chi connectivity index (χ1n) is 5.39. The van der Waals surface area contributed by atoms with Gasteiger partial charge in [0.2, 0.25) is 0 Å². The van der Waals surface area contributed by atoms with Crippen molar-refractivity contribution in [3.8, 4) is 0 Å². The van der Waals surface area contributed by atoms with Gasteiger partial charge in [0.15, 0.2) is 5.69 Å². The van der Waals surface area contributed by atoms with Crippen LogP contribution < -0.4 is 11.5 Å². The van der Waals surface area contributed by atoms with Gasteiger partial charge >= 0.3 is 0 Å². The lowest BCUT2D eigenvalue weighted by atomic mass is 10.2. The molecule has 2 amide bonds. The van der Waals surface area contributed by atoms with Crippen LogP contribution in [0.4, 0.5) is 4.39 Å². The summed E-state index contributed by atoms with van der Waals surface area (Å²) >= 11 is 0. The molecule has 7 heteroatoms. The van der Waals surface area contributed by atoms with Gasteiger partial charge in [0.25, 0.3) is 11.8 Å². The summed E-state index contributed by atoms with van der Waals surface area (Å²) in [6.45, 7) is 0.0330. The van der Waals surface area contributed by atoms with E-state index in [1.807, 2.05) is 0 Å². The molecule has 0 unspecified atom stereocenters. The van der Waals surface area contributed by atoms with Gasteiger partial charge in [-0.1, -0.05) is 18.2 Å². The summed E-state index contributed by atoms with van der Waals surface area (Å²) in [6.07, 6.45) is 1.23. The number of nitrogens with zero attached hydrogens (tertiary/aromatic N) is 2. The van der Waals surface area contributed by atoms with Gasteiger partial charge in [0, 0.05) is 5.56 Å². The van der Waals surface area contributed by atoms with Crippen molar-refractivity contribution in [2.45, 2.75) is 6.54 Å². The van der Waals surface area contributed by atoms with Crippen LogP contribution in [0.1, 0.15) is 26.5 Å². The Balaban J connectivity index is 2.44. The van der Waals surface area contributed by atoms with E-state index in [0.29, 0.717) is 5.56 Å². The third-order valence-electron chi connectivity index (χ3n) is 2.60. The summed E-state index contributed by atoms with van der Waals surface area (Å²) in [4.78, 5) is 26.2. The van der Waals surface area contributed by atoms with Crippen LogP contribution in [0.2, 0.25) is 0 Å². The van der Waals surface area contributed by atoms with Crippen molar-refractivity contribution in [1.29, 1.82) is 0 Å². The van der Waals surface area contributed by atoms with E-state index < -0.39 is 17.6 Å². The molecule has 6 nitrogen and oxygen atoms in total. The summed E-state index contributed by atoms with van der Waals surface area (Å²) in [7, 11) is 0. The Morgan fingerprint density at radius 2 is 1.89 bits per heavy atom. The maximum absolute atomic E-state index is 13.5. The predicted molar refractivity (Wildman–Crippen MR) is 64.8 cm³/mol. The monoisotopic (exact) mass is 262 g/mol. The fraction of sp³-hybridized carbons (Fsp3) is 0.0833. The number of nitrogens with two attached hydrogens (primary N) is 2. The number of aromatic nitrogens is 2. The number of imidazole rings is 1. The van der Waals surface area contributed by atoms with E-state index in [9.17, 15) is 14.0 Å². The number of rotatable bonds is 4. The molecule has 4 N–H and O–H groups in total. The van der Waals surface area contributed by atoms with Crippen LogP contribution in [0.5, 0.6) is 0 Å². The zero-order chi connectivity index (χ0) is 14.0. The van der Waals surface area contributed by atoms with E-state index in [1.54, 1.807) is 18.2 Å². The number of amides is 2. The van der Waals surface area contributed by atoms with Crippen molar-refractivity contribution in [3.05, 3.63) is 53.4 Å². The molecule has 19 heavy (non-hydrogen) atoms. The van der Waals surface area contributed by atoms with Gasteiger partial charge in [0.05, 0.1) is 12.9 Å². The average Bonchev–Trinajstić information content (AvgIpc) is 2.76. The molecule has 0 radical (unpaired) electrons. The Labute approximate surface area is 107 Å². The fourth-order valence-electron chi connectivity index (χ4n) is 1.75. The molecule has 2 aromatic rings. The first kappa shape index (κ1) is 12.7. The van der Waals surface area contributed by atoms with Gasteiger partial charge in [-0.2, -0.15) is 0 Å². The molecule has 0 fully saturated rings. The number of halogens is 1. The van der Waals surface area contributed by atoms with Gasteiger partial charge in [0.1, 0.15) is 11.5 Å². The summed E-state index contributed by atoms with van der Waals surface area (Å²) in [5, 5.41) is 0. The predicted octanol–water partition coefficient (Wildman–Crippen LogP) is 0.268. The summed E-state index contributed by atoms with van der Waals surface area (Å²) in [6, 6.07) is 6.07. The van der Waals surface area contributed by atoms with E-state index in [4.69, 9.17) is 11.5 Å². The van der Waals surface area contributed by atoms with Crippen molar-refractivity contribution < 1.29 is 14.0 Å². The highest BCUT2D eigenvalue weighted by Crippen LogP contribution is 2.12. The zero-order valence-electron chi connectivity index (χ0n) is 9.84. The molecule has 0 aliphatic rings. The molecule has 1 aromatic heterocycles. The van der Waals surface area contributed by atoms with Crippen molar-refractivity contribution in [3.63, 3.8) is 0 Å². The van der Waals surface area contributed by atoms with Crippen LogP contribution in [-0.4, -0.2) is 21.4 Å². The second-order valence-electron chi connectivity index (χ2n) is 3.89. The molecule has 0 saturated heterocycles. The lowest BCUT2D eigenvalue weighted by Crippen LogP contribution is -2.23. The number of carbonyl (C=O) groups excluding carboxylic acids is 2. The molecular formula is C12H11FN4O2. The zero-order valence-corrected chi connectivity index (χ0v) is 9.84. The van der Waals surface area contributed by atoms with Gasteiger partial charge in [-0.25, -0.2) is 9.37 Å². The SMILES string of the molecule is NC(=O)c1ncn(Cc2ccccc2F)c1C(N)=O. The first-order valence-corrected chi connectivity index (χ1v) is 5.39. The molecular weight excluding hydrogens is 251 g/mol. The summed E-state index contributed by atoms with van der Waals surface area (Å²) in [5.74, 6) is -2.13. The Morgan fingerprint density at radius 1 is 1.21 bits per heavy atom. The minimum Gasteiger partial charge on any atom is -0.364 e. The quantitative estimate of drug-likeness (QED) is 0.826. The Kier molecular flexibility index (Phi) is 3.28.